The number of hydrogen-bond donors (Lipinski definition) is 3. The summed E-state index contributed by atoms with van der Waals surface area (Å²) in [5.41, 5.74) is 1.33. The first kappa shape index (κ1) is 24.4. The maximum atomic E-state index is 12.8. The summed E-state index contributed by atoms with van der Waals surface area (Å²) in [6.07, 6.45) is 3.31. The van der Waals surface area contributed by atoms with Crippen molar-refractivity contribution in [2.45, 2.75) is 18.8 Å². The van der Waals surface area contributed by atoms with Crippen LogP contribution < -0.4 is 10.6 Å². The number of nitrogens with zero attached hydrogens (tertiary/aromatic N) is 1. The number of carbonyl (C=O) groups is 3. The van der Waals surface area contributed by atoms with Crippen molar-refractivity contribution in [3.8, 4) is 5.75 Å². The molecule has 10 heteroatoms. The number of amides is 2. The predicted molar refractivity (Wildman–Crippen MR) is 129 cm³/mol. The summed E-state index contributed by atoms with van der Waals surface area (Å²) in [7, 11) is 1.24. The maximum Gasteiger partial charge on any atom is 0.356 e. The Morgan fingerprint density at radius 2 is 2.00 bits per heavy atom. The minimum Gasteiger partial charge on any atom is -0.508 e. The summed E-state index contributed by atoms with van der Waals surface area (Å²) >= 11 is 4.90. The number of methoxy groups -OCH3 is 1. The maximum absolute atomic E-state index is 12.8. The number of halogens is 1. The van der Waals surface area contributed by atoms with E-state index < -0.39 is 11.9 Å². The van der Waals surface area contributed by atoms with Crippen LogP contribution in [0.25, 0.3) is 0 Å². The average Bonchev–Trinajstić information content (AvgIpc) is 3.20. The molecule has 0 spiro atoms. The third-order valence-electron chi connectivity index (χ3n) is 4.70. The zero-order valence-corrected chi connectivity index (χ0v) is 20.3. The van der Waals surface area contributed by atoms with Gasteiger partial charge >= 0.3 is 5.97 Å². The lowest BCUT2D eigenvalue weighted by Crippen LogP contribution is -2.31. The van der Waals surface area contributed by atoms with E-state index in [0.717, 1.165) is 5.56 Å². The summed E-state index contributed by atoms with van der Waals surface area (Å²) in [5.74, 6) is -1.43. The highest BCUT2D eigenvalue weighted by Crippen LogP contribution is 2.25. The van der Waals surface area contributed by atoms with E-state index in [2.05, 4.69) is 26.6 Å². The Hall–Kier alpha value is -3.24. The van der Waals surface area contributed by atoms with Gasteiger partial charge in [0.1, 0.15) is 11.4 Å². The smallest absolute Gasteiger partial charge is 0.356 e. The molecule has 0 fully saturated rings. The van der Waals surface area contributed by atoms with Crippen LogP contribution in [-0.2, 0) is 16.1 Å². The molecule has 0 radical (unpaired) electrons. The Morgan fingerprint density at radius 3 is 2.64 bits per heavy atom. The lowest BCUT2D eigenvalue weighted by Gasteiger charge is -2.18. The molecule has 0 bridgehead atoms. The minimum absolute atomic E-state index is 0.0127. The molecule has 33 heavy (non-hydrogen) atoms. The topological polar surface area (TPSA) is 108 Å². The molecule has 1 aliphatic heterocycles. The lowest BCUT2D eigenvalue weighted by atomic mass is 10.1. The highest BCUT2D eigenvalue weighted by Gasteiger charge is 2.21. The molecular weight excluding hydrogens is 510 g/mol. The molecule has 172 valence electrons. The molecule has 1 aliphatic rings. The molecule has 0 saturated carbocycles. The second kappa shape index (κ2) is 11.1. The van der Waals surface area contributed by atoms with Gasteiger partial charge in [0, 0.05) is 29.0 Å². The molecule has 0 saturated heterocycles. The number of phenols is 1. The Kier molecular flexibility index (Phi) is 8.18. The van der Waals surface area contributed by atoms with Gasteiger partial charge in [-0.25, -0.2) is 4.79 Å². The molecule has 0 aromatic heterocycles. The van der Waals surface area contributed by atoms with Gasteiger partial charge in [-0.3, -0.25) is 9.59 Å². The SMILES string of the molecule is COC(=O)C(=CN1C=CSC1C)NC(=O)c1ccc(C(=O)NCc2cccc(O)c2)cc1Br. The van der Waals surface area contributed by atoms with Crippen molar-refractivity contribution in [1.29, 1.82) is 0 Å². The van der Waals surface area contributed by atoms with E-state index in [1.54, 1.807) is 47.1 Å². The highest BCUT2D eigenvalue weighted by atomic mass is 79.9. The van der Waals surface area contributed by atoms with Gasteiger partial charge in [-0.1, -0.05) is 12.1 Å². The molecule has 2 amide bonds. The number of thioether (sulfide) groups is 1. The average molecular weight is 532 g/mol. The Bertz CT molecular complexity index is 1130. The normalized spacial score (nSPS) is 15.3. The van der Waals surface area contributed by atoms with Crippen LogP contribution in [0.4, 0.5) is 0 Å². The van der Waals surface area contributed by atoms with Crippen LogP contribution in [0.3, 0.4) is 0 Å². The number of benzene rings is 2. The van der Waals surface area contributed by atoms with Gasteiger partial charge in [0.2, 0.25) is 0 Å². The Labute approximate surface area is 203 Å². The van der Waals surface area contributed by atoms with E-state index in [1.807, 2.05) is 12.3 Å². The van der Waals surface area contributed by atoms with Crippen LogP contribution in [0.15, 0.2) is 70.4 Å². The quantitative estimate of drug-likeness (QED) is 0.369. The third-order valence-corrected chi connectivity index (χ3v) is 6.27. The van der Waals surface area contributed by atoms with Crippen LogP contribution >= 0.6 is 27.7 Å². The fraction of sp³-hybridized carbons (Fsp3) is 0.174. The van der Waals surface area contributed by atoms with Crippen molar-refractivity contribution in [3.63, 3.8) is 0 Å². The predicted octanol–water partition coefficient (Wildman–Crippen LogP) is 3.69. The van der Waals surface area contributed by atoms with Crippen LogP contribution in [0.2, 0.25) is 0 Å². The van der Waals surface area contributed by atoms with E-state index in [1.165, 1.54) is 31.5 Å². The summed E-state index contributed by atoms with van der Waals surface area (Å²) in [5, 5.41) is 16.8. The molecule has 2 aromatic carbocycles. The third kappa shape index (κ3) is 6.39. The molecule has 1 atom stereocenters. The second-order valence-electron chi connectivity index (χ2n) is 7.00. The number of carbonyl (C=O) groups excluding carboxylic acids is 3. The van der Waals surface area contributed by atoms with E-state index in [4.69, 9.17) is 4.74 Å². The first-order valence-electron chi connectivity index (χ1n) is 9.85. The van der Waals surface area contributed by atoms with E-state index >= 15 is 0 Å². The van der Waals surface area contributed by atoms with Gasteiger partial charge in [-0.2, -0.15) is 0 Å². The summed E-state index contributed by atoms with van der Waals surface area (Å²) in [6.45, 7) is 2.20. The second-order valence-corrected chi connectivity index (χ2v) is 9.08. The molecule has 8 nitrogen and oxygen atoms in total. The zero-order valence-electron chi connectivity index (χ0n) is 17.9. The van der Waals surface area contributed by atoms with Crippen molar-refractivity contribution < 1.29 is 24.2 Å². The van der Waals surface area contributed by atoms with Gasteiger partial charge in [0.15, 0.2) is 0 Å². The minimum atomic E-state index is -0.681. The molecule has 0 aliphatic carbocycles. The standard InChI is InChI=1S/C23H22BrN3O5S/c1-14-27(8-9-33-14)13-20(23(31)32-2)26-22(30)18-7-6-16(11-19(18)24)21(29)25-12-15-4-3-5-17(28)10-15/h3-11,13-14,28H,12H2,1-2H3,(H,25,29)(H,26,30). The number of nitrogens with one attached hydrogen (secondary N) is 2. The van der Waals surface area contributed by atoms with E-state index in [9.17, 15) is 19.5 Å². The number of rotatable bonds is 7. The Morgan fingerprint density at radius 1 is 1.21 bits per heavy atom. The van der Waals surface area contributed by atoms with Crippen molar-refractivity contribution in [2.24, 2.45) is 0 Å². The molecule has 2 aromatic rings. The van der Waals surface area contributed by atoms with E-state index in [-0.39, 0.29) is 34.8 Å². The Balaban J connectivity index is 1.70. The van der Waals surface area contributed by atoms with Crippen molar-refractivity contribution in [2.75, 3.05) is 7.11 Å². The van der Waals surface area contributed by atoms with E-state index in [0.29, 0.717) is 10.0 Å². The number of ether oxygens (including phenoxy) is 1. The lowest BCUT2D eigenvalue weighted by molar-refractivity contribution is -0.136. The fourth-order valence-corrected chi connectivity index (χ4v) is 4.20. The van der Waals surface area contributed by atoms with Gasteiger partial charge < -0.3 is 25.4 Å². The first-order chi connectivity index (χ1) is 15.8. The van der Waals surface area contributed by atoms with Crippen LogP contribution in [-0.4, -0.2) is 40.3 Å². The van der Waals surface area contributed by atoms with Gasteiger partial charge in [-0.05, 0) is 64.2 Å². The van der Waals surface area contributed by atoms with Crippen LogP contribution in [0.1, 0.15) is 33.2 Å². The van der Waals surface area contributed by atoms with Gasteiger partial charge in [-0.15, -0.1) is 11.8 Å². The van der Waals surface area contributed by atoms with Gasteiger partial charge in [0.05, 0.1) is 18.0 Å². The summed E-state index contributed by atoms with van der Waals surface area (Å²) in [4.78, 5) is 39.3. The number of hydrogen-bond acceptors (Lipinski definition) is 7. The number of aromatic hydroxyl groups is 1. The first-order valence-corrected chi connectivity index (χ1v) is 11.6. The monoisotopic (exact) mass is 531 g/mol. The highest BCUT2D eigenvalue weighted by molar-refractivity contribution is 9.10. The zero-order chi connectivity index (χ0) is 24.0. The molecule has 1 heterocycles. The summed E-state index contributed by atoms with van der Waals surface area (Å²) < 4.78 is 5.17. The molecule has 3 rings (SSSR count). The van der Waals surface area contributed by atoms with Crippen molar-refractivity contribution in [3.05, 3.63) is 87.1 Å². The largest absolute Gasteiger partial charge is 0.508 e. The molecule has 1 unspecified atom stereocenters. The summed E-state index contributed by atoms with van der Waals surface area (Å²) in [6, 6.07) is 11.1. The fourth-order valence-electron chi connectivity index (χ4n) is 2.93. The van der Waals surface area contributed by atoms with Gasteiger partial charge in [0.25, 0.3) is 11.8 Å². The van der Waals surface area contributed by atoms with Crippen LogP contribution in [0, 0.1) is 0 Å². The number of esters is 1. The molecular formula is C23H22BrN3O5S. The molecule has 3 N–H and O–H groups in total. The van der Waals surface area contributed by atoms with Crippen molar-refractivity contribution in [1.82, 2.24) is 15.5 Å². The van der Waals surface area contributed by atoms with Crippen LogP contribution in [0.5, 0.6) is 5.75 Å². The number of phenolic OH excluding ortho intramolecular Hbond substituents is 1. The van der Waals surface area contributed by atoms with Crippen molar-refractivity contribution >= 4 is 45.5 Å².